The van der Waals surface area contributed by atoms with E-state index in [4.69, 9.17) is 0 Å². The Labute approximate surface area is 109 Å². The molecule has 0 aromatic carbocycles. The number of nitrogens with zero attached hydrogens (tertiary/aromatic N) is 3. The average molecular weight is 264 g/mol. The third kappa shape index (κ3) is 2.45. The van der Waals surface area contributed by atoms with Crippen LogP contribution in [-0.4, -0.2) is 40.5 Å². The van der Waals surface area contributed by atoms with Crippen molar-refractivity contribution in [2.45, 2.75) is 13.0 Å². The number of hydrogen-bond donors (Lipinski definition) is 1. The minimum atomic E-state index is 0.0178. The molecule has 0 aliphatic carbocycles. The Kier molecular flexibility index (Phi) is 3.40. The van der Waals surface area contributed by atoms with Crippen LogP contribution in [0.4, 0.5) is 0 Å². The lowest BCUT2D eigenvalue weighted by atomic mass is 10.3. The van der Waals surface area contributed by atoms with E-state index in [9.17, 15) is 4.79 Å². The first-order valence-electron chi connectivity index (χ1n) is 6.22. The lowest BCUT2D eigenvalue weighted by molar-refractivity contribution is 0.281. The summed E-state index contributed by atoms with van der Waals surface area (Å²) in [7, 11) is 0. The first-order valence-corrected chi connectivity index (χ1v) is 7.10. The maximum absolute atomic E-state index is 11.9. The second-order valence-electron chi connectivity index (χ2n) is 4.52. The molecule has 18 heavy (non-hydrogen) atoms. The third-order valence-corrected chi connectivity index (χ3v) is 3.93. The van der Waals surface area contributed by atoms with Crippen LogP contribution in [0.1, 0.15) is 12.1 Å². The molecule has 6 heteroatoms. The number of thiazole rings is 1. The van der Waals surface area contributed by atoms with Gasteiger partial charge >= 0.3 is 0 Å². The van der Waals surface area contributed by atoms with Crippen molar-refractivity contribution in [1.29, 1.82) is 0 Å². The van der Waals surface area contributed by atoms with E-state index in [1.165, 1.54) is 11.3 Å². The molecule has 0 radical (unpaired) electrons. The van der Waals surface area contributed by atoms with Crippen LogP contribution in [0.15, 0.2) is 22.4 Å². The predicted octanol–water partition coefficient (Wildman–Crippen LogP) is 0.551. The second-order valence-corrected chi connectivity index (χ2v) is 5.39. The molecule has 0 bridgehead atoms. The van der Waals surface area contributed by atoms with Gasteiger partial charge < -0.3 is 5.32 Å². The molecule has 1 fully saturated rings. The summed E-state index contributed by atoms with van der Waals surface area (Å²) < 4.78 is 1.60. The standard InChI is InChI=1S/C12H16N4OS/c17-11-8-10(14-12-16(11)6-7-18-12)9-15-4-1-2-13-3-5-15/h6-8,13H,1-5,9H2. The summed E-state index contributed by atoms with van der Waals surface area (Å²) in [6.07, 6.45) is 2.93. The lowest BCUT2D eigenvalue weighted by Crippen LogP contribution is -2.28. The summed E-state index contributed by atoms with van der Waals surface area (Å²) in [6, 6.07) is 1.65. The van der Waals surface area contributed by atoms with Crippen molar-refractivity contribution in [3.8, 4) is 0 Å². The molecule has 1 saturated heterocycles. The predicted molar refractivity (Wildman–Crippen MR) is 72.1 cm³/mol. The van der Waals surface area contributed by atoms with E-state index in [2.05, 4.69) is 15.2 Å². The van der Waals surface area contributed by atoms with Gasteiger partial charge in [0.15, 0.2) is 4.96 Å². The van der Waals surface area contributed by atoms with E-state index >= 15 is 0 Å². The Hall–Kier alpha value is -1.24. The first kappa shape index (κ1) is 11.8. The van der Waals surface area contributed by atoms with Crippen LogP contribution in [-0.2, 0) is 6.54 Å². The Morgan fingerprint density at radius 1 is 1.39 bits per heavy atom. The number of fused-ring (bicyclic) bond motifs is 1. The van der Waals surface area contributed by atoms with Gasteiger partial charge in [-0.1, -0.05) is 0 Å². The lowest BCUT2D eigenvalue weighted by Gasteiger charge is -2.18. The minimum absolute atomic E-state index is 0.0178. The Bertz CT molecular complexity index is 583. The van der Waals surface area contributed by atoms with Crippen LogP contribution in [0.2, 0.25) is 0 Å². The zero-order chi connectivity index (χ0) is 12.4. The summed E-state index contributed by atoms with van der Waals surface area (Å²) in [5.74, 6) is 0. The first-order chi connectivity index (χ1) is 8.83. The van der Waals surface area contributed by atoms with E-state index in [1.54, 1.807) is 16.7 Å². The van der Waals surface area contributed by atoms with E-state index in [1.807, 2.05) is 5.38 Å². The molecule has 1 N–H and O–H groups in total. The number of aromatic nitrogens is 2. The van der Waals surface area contributed by atoms with Crippen LogP contribution in [0.25, 0.3) is 4.96 Å². The highest BCUT2D eigenvalue weighted by Gasteiger charge is 2.11. The second kappa shape index (κ2) is 5.17. The molecule has 1 aliphatic rings. The Morgan fingerprint density at radius 3 is 3.28 bits per heavy atom. The van der Waals surface area contributed by atoms with Gasteiger partial charge in [0, 0.05) is 37.3 Å². The van der Waals surface area contributed by atoms with Crippen LogP contribution in [0, 0.1) is 0 Å². The van der Waals surface area contributed by atoms with Gasteiger partial charge in [0.1, 0.15) is 0 Å². The molecular weight excluding hydrogens is 248 g/mol. The van der Waals surface area contributed by atoms with Gasteiger partial charge in [-0.2, -0.15) is 0 Å². The molecule has 0 amide bonds. The van der Waals surface area contributed by atoms with Crippen molar-refractivity contribution in [2.24, 2.45) is 0 Å². The third-order valence-electron chi connectivity index (χ3n) is 3.17. The van der Waals surface area contributed by atoms with Gasteiger partial charge in [0.05, 0.1) is 5.69 Å². The molecule has 3 heterocycles. The maximum atomic E-state index is 11.9. The zero-order valence-corrected chi connectivity index (χ0v) is 10.9. The minimum Gasteiger partial charge on any atom is -0.315 e. The molecule has 3 rings (SSSR count). The van der Waals surface area contributed by atoms with Gasteiger partial charge in [0.2, 0.25) is 0 Å². The monoisotopic (exact) mass is 264 g/mol. The molecular formula is C12H16N4OS. The van der Waals surface area contributed by atoms with Gasteiger partial charge in [-0.3, -0.25) is 14.1 Å². The largest absolute Gasteiger partial charge is 0.315 e. The summed E-state index contributed by atoms with van der Waals surface area (Å²) in [6.45, 7) is 4.95. The van der Waals surface area contributed by atoms with E-state index in [0.29, 0.717) is 0 Å². The number of hydrogen-bond acceptors (Lipinski definition) is 5. The highest BCUT2D eigenvalue weighted by Crippen LogP contribution is 2.08. The van der Waals surface area contributed by atoms with Crippen molar-refractivity contribution in [3.63, 3.8) is 0 Å². The van der Waals surface area contributed by atoms with Crippen molar-refractivity contribution < 1.29 is 0 Å². The molecule has 5 nitrogen and oxygen atoms in total. The normalized spacial score (nSPS) is 18.0. The van der Waals surface area contributed by atoms with Crippen LogP contribution in [0.5, 0.6) is 0 Å². The molecule has 0 saturated carbocycles. The van der Waals surface area contributed by atoms with Crippen molar-refractivity contribution in [2.75, 3.05) is 26.2 Å². The van der Waals surface area contributed by atoms with Crippen LogP contribution in [0.3, 0.4) is 0 Å². The summed E-state index contributed by atoms with van der Waals surface area (Å²) in [4.78, 5) is 19.5. The van der Waals surface area contributed by atoms with E-state index in [0.717, 1.165) is 49.8 Å². The SMILES string of the molecule is O=c1cc(CN2CCCNCC2)nc2sccn12. The van der Waals surface area contributed by atoms with Crippen molar-refractivity contribution in [1.82, 2.24) is 19.6 Å². The fourth-order valence-corrected chi connectivity index (χ4v) is 3.00. The Balaban J connectivity index is 1.83. The Morgan fingerprint density at radius 2 is 2.33 bits per heavy atom. The molecule has 2 aromatic heterocycles. The van der Waals surface area contributed by atoms with Gasteiger partial charge in [-0.25, -0.2) is 4.98 Å². The highest BCUT2D eigenvalue weighted by atomic mass is 32.1. The number of rotatable bonds is 2. The van der Waals surface area contributed by atoms with Gasteiger partial charge in [-0.15, -0.1) is 11.3 Å². The molecule has 96 valence electrons. The molecule has 2 aromatic rings. The van der Waals surface area contributed by atoms with E-state index in [-0.39, 0.29) is 5.56 Å². The maximum Gasteiger partial charge on any atom is 0.258 e. The van der Waals surface area contributed by atoms with Crippen molar-refractivity contribution in [3.05, 3.63) is 33.7 Å². The molecule has 0 atom stereocenters. The van der Waals surface area contributed by atoms with Crippen molar-refractivity contribution >= 4 is 16.3 Å². The smallest absolute Gasteiger partial charge is 0.258 e. The van der Waals surface area contributed by atoms with Gasteiger partial charge in [-0.05, 0) is 19.5 Å². The molecule has 0 unspecified atom stereocenters. The quantitative estimate of drug-likeness (QED) is 0.860. The average Bonchev–Trinajstić information content (AvgIpc) is 2.68. The topological polar surface area (TPSA) is 49.6 Å². The molecule has 0 spiro atoms. The fraction of sp³-hybridized carbons (Fsp3) is 0.500. The number of nitrogens with one attached hydrogen (secondary N) is 1. The summed E-state index contributed by atoms with van der Waals surface area (Å²) >= 11 is 1.50. The zero-order valence-electron chi connectivity index (χ0n) is 10.1. The van der Waals surface area contributed by atoms with Crippen LogP contribution < -0.4 is 10.9 Å². The van der Waals surface area contributed by atoms with Gasteiger partial charge in [0.25, 0.3) is 5.56 Å². The van der Waals surface area contributed by atoms with E-state index < -0.39 is 0 Å². The van der Waals surface area contributed by atoms with Crippen LogP contribution >= 0.6 is 11.3 Å². The highest BCUT2D eigenvalue weighted by molar-refractivity contribution is 7.15. The summed E-state index contributed by atoms with van der Waals surface area (Å²) in [5.41, 5.74) is 0.897. The summed E-state index contributed by atoms with van der Waals surface area (Å²) in [5, 5.41) is 5.27. The fourth-order valence-electron chi connectivity index (χ4n) is 2.26. The molecule has 1 aliphatic heterocycles.